The molecule has 0 atom stereocenters. The van der Waals surface area contributed by atoms with Gasteiger partial charge in [0.05, 0.1) is 10.2 Å². The van der Waals surface area contributed by atoms with Gasteiger partial charge in [-0.2, -0.15) is 0 Å². The van der Waals surface area contributed by atoms with E-state index in [9.17, 15) is 0 Å². The highest BCUT2D eigenvalue weighted by molar-refractivity contribution is 7.18. The van der Waals surface area contributed by atoms with E-state index in [4.69, 9.17) is 11.6 Å². The Labute approximate surface area is 91.9 Å². The maximum atomic E-state index is 6.02. The van der Waals surface area contributed by atoms with Crippen LogP contribution < -0.4 is 5.32 Å². The van der Waals surface area contributed by atoms with Gasteiger partial charge in [-0.05, 0) is 31.7 Å². The molecule has 0 radical (unpaired) electrons. The molecule has 0 saturated carbocycles. The first-order valence-electron chi connectivity index (χ1n) is 4.41. The van der Waals surface area contributed by atoms with Crippen LogP contribution in [0.15, 0.2) is 12.1 Å². The summed E-state index contributed by atoms with van der Waals surface area (Å²) in [6, 6.07) is 3.96. The second-order valence-corrected chi connectivity index (χ2v) is 4.68. The monoisotopic (exact) mass is 226 g/mol. The molecule has 74 valence electrons. The molecule has 1 aromatic heterocycles. The molecular formula is C10H11ClN2S. The molecule has 0 aliphatic rings. The number of thiazole rings is 1. The summed E-state index contributed by atoms with van der Waals surface area (Å²) in [5.41, 5.74) is 2.11. The minimum atomic E-state index is 0.791. The third kappa shape index (κ3) is 1.63. The molecule has 0 unspecified atom stereocenters. The van der Waals surface area contributed by atoms with Crippen LogP contribution in [0.4, 0.5) is 0 Å². The Morgan fingerprint density at radius 3 is 3.00 bits per heavy atom. The minimum absolute atomic E-state index is 0.791. The molecule has 0 bridgehead atoms. The molecule has 1 heterocycles. The Balaban J connectivity index is 2.59. The lowest BCUT2D eigenvalue weighted by atomic mass is 10.2. The molecule has 1 N–H and O–H groups in total. The second-order valence-electron chi connectivity index (χ2n) is 3.16. The van der Waals surface area contributed by atoms with Crippen molar-refractivity contribution in [2.45, 2.75) is 13.5 Å². The smallest absolute Gasteiger partial charge is 0.108 e. The number of rotatable bonds is 2. The predicted molar refractivity (Wildman–Crippen MR) is 62.1 cm³/mol. The molecule has 2 rings (SSSR count). The highest BCUT2D eigenvalue weighted by atomic mass is 35.5. The number of nitrogens with zero attached hydrogens (tertiary/aromatic N) is 1. The normalized spacial score (nSPS) is 11.1. The Kier molecular flexibility index (Phi) is 2.72. The van der Waals surface area contributed by atoms with Crippen molar-refractivity contribution in [3.63, 3.8) is 0 Å². The first-order valence-corrected chi connectivity index (χ1v) is 5.61. The van der Waals surface area contributed by atoms with E-state index >= 15 is 0 Å². The maximum absolute atomic E-state index is 6.02. The molecule has 0 amide bonds. The number of aromatic nitrogens is 1. The summed E-state index contributed by atoms with van der Waals surface area (Å²) < 4.78 is 1.21. The zero-order valence-corrected chi connectivity index (χ0v) is 9.67. The zero-order chi connectivity index (χ0) is 10.1. The third-order valence-electron chi connectivity index (χ3n) is 2.12. The minimum Gasteiger partial charge on any atom is -0.314 e. The average Bonchev–Trinajstić information content (AvgIpc) is 2.56. The van der Waals surface area contributed by atoms with Crippen LogP contribution in [0.1, 0.15) is 10.6 Å². The van der Waals surface area contributed by atoms with Crippen molar-refractivity contribution in [1.29, 1.82) is 0 Å². The Morgan fingerprint density at radius 1 is 1.50 bits per heavy atom. The molecule has 0 spiro atoms. The number of aryl methyl sites for hydroxylation is 1. The number of nitrogens with one attached hydrogen (secondary N) is 1. The lowest BCUT2D eigenvalue weighted by Gasteiger charge is -1.96. The second kappa shape index (κ2) is 3.85. The van der Waals surface area contributed by atoms with E-state index in [1.807, 2.05) is 26.1 Å². The van der Waals surface area contributed by atoms with Crippen LogP contribution in [0, 0.1) is 6.92 Å². The van der Waals surface area contributed by atoms with Gasteiger partial charge in [-0.3, -0.25) is 0 Å². The van der Waals surface area contributed by atoms with Crippen molar-refractivity contribution in [3.8, 4) is 0 Å². The van der Waals surface area contributed by atoms with E-state index in [2.05, 4.69) is 10.3 Å². The fourth-order valence-corrected chi connectivity index (χ4v) is 2.56. The van der Waals surface area contributed by atoms with Crippen LogP contribution in [0.3, 0.4) is 0 Å². The molecule has 0 fully saturated rings. The fraction of sp³-hybridized carbons (Fsp3) is 0.300. The molecule has 1 aromatic carbocycles. The van der Waals surface area contributed by atoms with E-state index in [1.54, 1.807) is 11.3 Å². The zero-order valence-electron chi connectivity index (χ0n) is 8.10. The van der Waals surface area contributed by atoms with Gasteiger partial charge in [-0.25, -0.2) is 4.98 Å². The SMILES string of the molecule is CNCc1nc2c(C)c(Cl)ccc2s1. The Hall–Kier alpha value is -0.640. The lowest BCUT2D eigenvalue weighted by molar-refractivity contribution is 0.812. The Morgan fingerprint density at radius 2 is 2.29 bits per heavy atom. The first kappa shape index (κ1) is 9.90. The van der Waals surface area contributed by atoms with E-state index < -0.39 is 0 Å². The van der Waals surface area contributed by atoms with Gasteiger partial charge < -0.3 is 5.32 Å². The van der Waals surface area contributed by atoms with Gasteiger partial charge in [0.25, 0.3) is 0 Å². The predicted octanol–water partition coefficient (Wildman–Crippen LogP) is 2.98. The largest absolute Gasteiger partial charge is 0.314 e. The molecular weight excluding hydrogens is 216 g/mol. The van der Waals surface area contributed by atoms with Crippen LogP contribution in [-0.2, 0) is 6.54 Å². The van der Waals surface area contributed by atoms with Crippen molar-refractivity contribution in [3.05, 3.63) is 27.7 Å². The molecule has 2 aromatic rings. The quantitative estimate of drug-likeness (QED) is 0.852. The van der Waals surface area contributed by atoms with Crippen molar-refractivity contribution in [1.82, 2.24) is 10.3 Å². The van der Waals surface area contributed by atoms with E-state index in [0.717, 1.165) is 27.7 Å². The highest BCUT2D eigenvalue weighted by Crippen LogP contribution is 2.28. The molecule has 0 aliphatic heterocycles. The van der Waals surface area contributed by atoms with Crippen LogP contribution in [-0.4, -0.2) is 12.0 Å². The van der Waals surface area contributed by atoms with Crippen LogP contribution in [0.2, 0.25) is 5.02 Å². The van der Waals surface area contributed by atoms with E-state index in [-0.39, 0.29) is 0 Å². The molecule has 4 heteroatoms. The summed E-state index contributed by atoms with van der Waals surface area (Å²) in [7, 11) is 1.92. The third-order valence-corrected chi connectivity index (χ3v) is 3.55. The highest BCUT2D eigenvalue weighted by Gasteiger charge is 2.07. The first-order chi connectivity index (χ1) is 6.72. The topological polar surface area (TPSA) is 24.9 Å². The van der Waals surface area contributed by atoms with Crippen molar-refractivity contribution in [2.75, 3.05) is 7.05 Å². The van der Waals surface area contributed by atoms with Gasteiger partial charge in [0.15, 0.2) is 0 Å². The number of fused-ring (bicyclic) bond motifs is 1. The van der Waals surface area contributed by atoms with Crippen LogP contribution in [0.5, 0.6) is 0 Å². The lowest BCUT2D eigenvalue weighted by Crippen LogP contribution is -2.03. The van der Waals surface area contributed by atoms with Crippen LogP contribution >= 0.6 is 22.9 Å². The number of benzene rings is 1. The average molecular weight is 227 g/mol. The number of hydrogen-bond donors (Lipinski definition) is 1. The molecule has 2 nitrogen and oxygen atoms in total. The van der Waals surface area contributed by atoms with Gasteiger partial charge >= 0.3 is 0 Å². The van der Waals surface area contributed by atoms with E-state index in [1.165, 1.54) is 4.70 Å². The van der Waals surface area contributed by atoms with Crippen molar-refractivity contribution < 1.29 is 0 Å². The van der Waals surface area contributed by atoms with Gasteiger partial charge in [0, 0.05) is 11.6 Å². The van der Waals surface area contributed by atoms with Gasteiger partial charge in [0.1, 0.15) is 5.01 Å². The summed E-state index contributed by atoms with van der Waals surface area (Å²) in [5.74, 6) is 0. The molecule has 14 heavy (non-hydrogen) atoms. The van der Waals surface area contributed by atoms with Crippen molar-refractivity contribution >= 4 is 33.2 Å². The fourth-order valence-electron chi connectivity index (χ4n) is 1.37. The van der Waals surface area contributed by atoms with Gasteiger partial charge in [-0.1, -0.05) is 11.6 Å². The molecule has 0 saturated heterocycles. The Bertz CT molecular complexity index is 464. The summed E-state index contributed by atoms with van der Waals surface area (Å²) in [6.45, 7) is 2.82. The molecule has 0 aliphatic carbocycles. The summed E-state index contributed by atoms with van der Waals surface area (Å²) in [6.07, 6.45) is 0. The standard InChI is InChI=1S/C10H11ClN2S/c1-6-7(11)3-4-8-10(6)13-9(14-8)5-12-2/h3-4,12H,5H2,1-2H3. The summed E-state index contributed by atoms with van der Waals surface area (Å²) in [4.78, 5) is 4.53. The summed E-state index contributed by atoms with van der Waals surface area (Å²) in [5, 5.41) is 4.99. The van der Waals surface area contributed by atoms with Gasteiger partial charge in [0.2, 0.25) is 0 Å². The van der Waals surface area contributed by atoms with Crippen molar-refractivity contribution in [2.24, 2.45) is 0 Å². The van der Waals surface area contributed by atoms with E-state index in [0.29, 0.717) is 0 Å². The number of halogens is 1. The van der Waals surface area contributed by atoms with Gasteiger partial charge in [-0.15, -0.1) is 11.3 Å². The maximum Gasteiger partial charge on any atom is 0.108 e. The summed E-state index contributed by atoms with van der Waals surface area (Å²) >= 11 is 7.74. The number of hydrogen-bond acceptors (Lipinski definition) is 3. The van der Waals surface area contributed by atoms with Crippen LogP contribution in [0.25, 0.3) is 10.2 Å².